The molecule has 0 radical (unpaired) electrons. The zero-order chi connectivity index (χ0) is 22.2. The van der Waals surface area contributed by atoms with Crippen molar-refractivity contribution in [2.45, 2.75) is 97.6 Å². The number of amides is 1. The second kappa shape index (κ2) is 12.0. The minimum Gasteiger partial charge on any atom is -0.376 e. The molecule has 0 saturated carbocycles. The van der Waals surface area contributed by atoms with Crippen molar-refractivity contribution in [3.63, 3.8) is 0 Å². The molecule has 170 valence electrons. The summed E-state index contributed by atoms with van der Waals surface area (Å²) < 4.78 is 5.29. The minimum atomic E-state index is -1.11. The number of aliphatic hydroxyl groups is 1. The Bertz CT molecular complexity index is 520. The molecule has 1 aliphatic rings. The topological polar surface area (TPSA) is 117 Å². The molecule has 0 aromatic heterocycles. The number of epoxide rings is 1. The van der Waals surface area contributed by atoms with Crippen LogP contribution >= 0.6 is 0 Å². The molecule has 0 aromatic carbocycles. The number of rotatable bonds is 15. The van der Waals surface area contributed by atoms with Gasteiger partial charge in [-0.05, 0) is 38.0 Å². The lowest BCUT2D eigenvalue weighted by molar-refractivity contribution is -0.128. The summed E-state index contributed by atoms with van der Waals surface area (Å²) in [7, 11) is 0. The van der Waals surface area contributed by atoms with Gasteiger partial charge in [0.25, 0.3) is 0 Å². The summed E-state index contributed by atoms with van der Waals surface area (Å²) in [6.45, 7) is 12.6. The number of ether oxygens (including phenoxy) is 1. The highest BCUT2D eigenvalue weighted by atomic mass is 16.6. The van der Waals surface area contributed by atoms with Crippen LogP contribution in [-0.2, 0) is 14.3 Å². The van der Waals surface area contributed by atoms with Crippen LogP contribution in [0.1, 0.15) is 73.6 Å². The minimum absolute atomic E-state index is 0.0621. The van der Waals surface area contributed by atoms with E-state index in [4.69, 9.17) is 10.5 Å². The van der Waals surface area contributed by atoms with E-state index in [-0.39, 0.29) is 30.1 Å². The van der Waals surface area contributed by atoms with Gasteiger partial charge in [0.15, 0.2) is 5.78 Å². The van der Waals surface area contributed by atoms with Gasteiger partial charge < -0.3 is 20.9 Å². The molecule has 0 aromatic rings. The first-order valence-corrected chi connectivity index (χ1v) is 11.2. The second-order valence-corrected chi connectivity index (χ2v) is 9.50. The molecule has 0 aliphatic carbocycles. The fraction of sp³-hybridized carbons (Fsp3) is 0.909. The standard InChI is InChI=1S/C22H43N3O4/c1-7-8-9-16(10-14(2)3)20(27)25-18(12-23)21(28)24-17(11-15(4)5)19(26)22(6)13-29-22/h14-18,21,24,28H,7-13,23H2,1-6H3,(H,25,27)/t16?,17?,18-,21?,22?/m0/s1. The Kier molecular flexibility index (Phi) is 10.8. The Morgan fingerprint density at radius 1 is 1.17 bits per heavy atom. The molecule has 29 heavy (non-hydrogen) atoms. The lowest BCUT2D eigenvalue weighted by Gasteiger charge is -2.30. The van der Waals surface area contributed by atoms with Gasteiger partial charge in [-0.1, -0.05) is 47.5 Å². The molecular formula is C22H43N3O4. The first kappa shape index (κ1) is 26.0. The largest absolute Gasteiger partial charge is 0.376 e. The molecule has 7 nitrogen and oxygen atoms in total. The van der Waals surface area contributed by atoms with Crippen molar-refractivity contribution < 1.29 is 19.4 Å². The first-order chi connectivity index (χ1) is 13.5. The van der Waals surface area contributed by atoms with E-state index in [0.717, 1.165) is 25.7 Å². The van der Waals surface area contributed by atoms with Crippen LogP contribution in [0.3, 0.4) is 0 Å². The third-order valence-electron chi connectivity index (χ3n) is 5.49. The number of Topliss-reactive ketones (excluding diaryl/α,β-unsaturated/α-hetero) is 1. The Balaban J connectivity index is 2.77. The predicted molar refractivity (Wildman–Crippen MR) is 115 cm³/mol. The van der Waals surface area contributed by atoms with E-state index in [1.807, 2.05) is 13.8 Å². The van der Waals surface area contributed by atoms with E-state index in [1.165, 1.54) is 0 Å². The van der Waals surface area contributed by atoms with Crippen molar-refractivity contribution in [2.24, 2.45) is 23.5 Å². The Hall–Kier alpha value is -1.02. The van der Waals surface area contributed by atoms with Crippen molar-refractivity contribution >= 4 is 11.7 Å². The van der Waals surface area contributed by atoms with Gasteiger partial charge in [0.2, 0.25) is 5.91 Å². The molecule has 1 saturated heterocycles. The van der Waals surface area contributed by atoms with Gasteiger partial charge in [-0.3, -0.25) is 14.9 Å². The number of nitrogens with two attached hydrogens (primary N) is 1. The van der Waals surface area contributed by atoms with Crippen molar-refractivity contribution in [1.82, 2.24) is 10.6 Å². The second-order valence-electron chi connectivity index (χ2n) is 9.50. The van der Waals surface area contributed by atoms with E-state index in [9.17, 15) is 14.7 Å². The summed E-state index contributed by atoms with van der Waals surface area (Å²) >= 11 is 0. The molecule has 1 amide bonds. The lowest BCUT2D eigenvalue weighted by atomic mass is 9.91. The van der Waals surface area contributed by atoms with Crippen LogP contribution in [0.15, 0.2) is 0 Å². The number of nitrogens with one attached hydrogen (secondary N) is 2. The molecule has 1 fully saturated rings. The number of hydrogen-bond acceptors (Lipinski definition) is 6. The maximum Gasteiger partial charge on any atom is 0.223 e. The monoisotopic (exact) mass is 413 g/mol. The Labute approximate surface area is 176 Å². The quantitative estimate of drug-likeness (QED) is 0.241. The predicted octanol–water partition coefficient (Wildman–Crippen LogP) is 1.96. The molecule has 5 N–H and O–H groups in total. The number of hydrogen-bond donors (Lipinski definition) is 4. The summed E-state index contributed by atoms with van der Waals surface area (Å²) in [5.74, 6) is 0.444. The van der Waals surface area contributed by atoms with Crippen molar-refractivity contribution in [1.29, 1.82) is 0 Å². The van der Waals surface area contributed by atoms with Crippen LogP contribution < -0.4 is 16.4 Å². The zero-order valence-electron chi connectivity index (χ0n) is 19.2. The molecule has 5 atom stereocenters. The summed E-state index contributed by atoms with van der Waals surface area (Å²) in [5.41, 5.74) is 5.08. The van der Waals surface area contributed by atoms with Crippen LogP contribution in [0, 0.1) is 17.8 Å². The van der Waals surface area contributed by atoms with Gasteiger partial charge in [-0.2, -0.15) is 0 Å². The normalized spacial score (nSPS) is 23.0. The van der Waals surface area contributed by atoms with E-state index in [1.54, 1.807) is 6.92 Å². The number of unbranched alkanes of at least 4 members (excludes halogenated alkanes) is 1. The third-order valence-corrected chi connectivity index (χ3v) is 5.49. The fourth-order valence-corrected chi connectivity index (χ4v) is 3.61. The molecule has 0 spiro atoms. The molecule has 1 aliphatic heterocycles. The summed E-state index contributed by atoms with van der Waals surface area (Å²) in [6.07, 6.45) is 3.12. The summed E-state index contributed by atoms with van der Waals surface area (Å²) in [6, 6.07) is -1.20. The van der Waals surface area contributed by atoms with E-state index in [0.29, 0.717) is 18.9 Å². The zero-order valence-corrected chi connectivity index (χ0v) is 19.2. The van der Waals surface area contributed by atoms with Crippen LogP contribution in [0.4, 0.5) is 0 Å². The Morgan fingerprint density at radius 3 is 2.21 bits per heavy atom. The first-order valence-electron chi connectivity index (χ1n) is 11.2. The molecule has 0 bridgehead atoms. The van der Waals surface area contributed by atoms with Crippen LogP contribution in [0.5, 0.6) is 0 Å². The van der Waals surface area contributed by atoms with Gasteiger partial charge in [0, 0.05) is 12.5 Å². The van der Waals surface area contributed by atoms with Gasteiger partial charge in [-0.25, -0.2) is 0 Å². The summed E-state index contributed by atoms with van der Waals surface area (Å²) in [5, 5.41) is 16.6. The van der Waals surface area contributed by atoms with Crippen LogP contribution in [0.25, 0.3) is 0 Å². The highest BCUT2D eigenvalue weighted by Crippen LogP contribution is 2.29. The average molecular weight is 414 g/mol. The van der Waals surface area contributed by atoms with Crippen molar-refractivity contribution in [3.05, 3.63) is 0 Å². The van der Waals surface area contributed by atoms with E-state index in [2.05, 4.69) is 31.4 Å². The smallest absolute Gasteiger partial charge is 0.223 e. The number of ketones is 1. The molecule has 4 unspecified atom stereocenters. The number of carbonyl (C=O) groups is 2. The fourth-order valence-electron chi connectivity index (χ4n) is 3.61. The van der Waals surface area contributed by atoms with Crippen LogP contribution in [-0.4, -0.2) is 53.9 Å². The highest BCUT2D eigenvalue weighted by molar-refractivity contribution is 5.93. The molecule has 7 heteroatoms. The van der Waals surface area contributed by atoms with Crippen molar-refractivity contribution in [2.75, 3.05) is 13.2 Å². The highest BCUT2D eigenvalue weighted by Gasteiger charge is 2.50. The molecule has 1 heterocycles. The van der Waals surface area contributed by atoms with Gasteiger partial charge in [0.1, 0.15) is 11.8 Å². The maximum atomic E-state index is 12.8. The van der Waals surface area contributed by atoms with Crippen molar-refractivity contribution in [3.8, 4) is 0 Å². The third kappa shape index (κ3) is 8.70. The number of aliphatic hydroxyl groups excluding tert-OH is 1. The van der Waals surface area contributed by atoms with Gasteiger partial charge in [0.05, 0.1) is 18.7 Å². The van der Waals surface area contributed by atoms with E-state index < -0.39 is 23.9 Å². The molecule has 1 rings (SSSR count). The molecular weight excluding hydrogens is 370 g/mol. The SMILES string of the molecule is CCCCC(CC(C)C)C(=O)N[C@@H](CN)C(O)NC(CC(C)C)C(=O)C1(C)CO1. The van der Waals surface area contributed by atoms with E-state index >= 15 is 0 Å². The number of carbonyl (C=O) groups excluding carboxylic acids is 2. The van der Waals surface area contributed by atoms with Crippen LogP contribution in [0.2, 0.25) is 0 Å². The Morgan fingerprint density at radius 2 is 1.76 bits per heavy atom. The average Bonchev–Trinajstić information content (AvgIpc) is 3.39. The van der Waals surface area contributed by atoms with Gasteiger partial charge in [-0.15, -0.1) is 0 Å². The lowest BCUT2D eigenvalue weighted by Crippen LogP contribution is -2.59. The summed E-state index contributed by atoms with van der Waals surface area (Å²) in [4.78, 5) is 25.6. The maximum absolute atomic E-state index is 12.8. The van der Waals surface area contributed by atoms with Gasteiger partial charge >= 0.3 is 0 Å².